The maximum atomic E-state index is 12.5. The Morgan fingerprint density at radius 2 is 1.95 bits per heavy atom. The first-order valence-corrected chi connectivity index (χ1v) is 7.25. The second-order valence-electron chi connectivity index (χ2n) is 5.39. The molecule has 0 N–H and O–H groups in total. The predicted octanol–water partition coefficient (Wildman–Crippen LogP) is 1.70. The quantitative estimate of drug-likeness (QED) is 0.844. The molecule has 3 rings (SSSR count). The molecule has 22 heavy (non-hydrogen) atoms. The summed E-state index contributed by atoms with van der Waals surface area (Å²) >= 11 is 0. The molecule has 6 nitrogen and oxygen atoms in total. The lowest BCUT2D eigenvalue weighted by atomic mass is 10.1. The molecule has 1 atom stereocenters. The molecule has 1 amide bonds. The van der Waals surface area contributed by atoms with Crippen LogP contribution in [0.4, 0.5) is 0 Å². The summed E-state index contributed by atoms with van der Waals surface area (Å²) in [5.41, 5.74) is 2.45. The monoisotopic (exact) mass is 298 g/mol. The number of hydrogen-bond donors (Lipinski definition) is 0. The highest BCUT2D eigenvalue weighted by atomic mass is 16.5. The molecule has 2 aromatic heterocycles. The number of ether oxygens (including phenoxy) is 1. The lowest BCUT2D eigenvalue weighted by Crippen LogP contribution is -2.42. The first kappa shape index (κ1) is 14.6. The van der Waals surface area contributed by atoms with Crippen LogP contribution in [0.15, 0.2) is 30.7 Å². The van der Waals surface area contributed by atoms with Crippen molar-refractivity contribution in [1.29, 1.82) is 0 Å². The number of carbonyl (C=O) groups excluding carboxylic acids is 1. The van der Waals surface area contributed by atoms with Crippen molar-refractivity contribution in [3.63, 3.8) is 0 Å². The molecule has 0 bridgehead atoms. The Bertz CT molecular complexity index is 655. The summed E-state index contributed by atoms with van der Waals surface area (Å²) < 4.78 is 5.75. The second kappa shape index (κ2) is 6.19. The van der Waals surface area contributed by atoms with Crippen LogP contribution in [0, 0.1) is 13.8 Å². The van der Waals surface area contributed by atoms with Crippen molar-refractivity contribution in [2.75, 3.05) is 19.7 Å². The van der Waals surface area contributed by atoms with E-state index < -0.39 is 0 Å². The summed E-state index contributed by atoms with van der Waals surface area (Å²) in [6.07, 6.45) is 4.76. The number of aryl methyl sites for hydroxylation is 2. The van der Waals surface area contributed by atoms with Gasteiger partial charge in [-0.25, -0.2) is 9.97 Å². The van der Waals surface area contributed by atoms with Gasteiger partial charge in [0.15, 0.2) is 0 Å². The van der Waals surface area contributed by atoms with E-state index in [-0.39, 0.29) is 12.0 Å². The molecule has 0 radical (unpaired) electrons. The number of nitrogens with zero attached hydrogens (tertiary/aromatic N) is 4. The van der Waals surface area contributed by atoms with E-state index in [1.807, 2.05) is 25.3 Å². The van der Waals surface area contributed by atoms with Gasteiger partial charge < -0.3 is 9.64 Å². The maximum Gasteiger partial charge on any atom is 0.257 e. The van der Waals surface area contributed by atoms with Crippen molar-refractivity contribution < 1.29 is 9.53 Å². The van der Waals surface area contributed by atoms with E-state index in [4.69, 9.17) is 4.74 Å². The van der Waals surface area contributed by atoms with E-state index in [0.717, 1.165) is 11.3 Å². The lowest BCUT2D eigenvalue weighted by Gasteiger charge is -2.32. The number of carbonyl (C=O) groups is 1. The summed E-state index contributed by atoms with van der Waals surface area (Å²) in [7, 11) is 0. The van der Waals surface area contributed by atoms with Gasteiger partial charge in [-0.1, -0.05) is 6.07 Å². The van der Waals surface area contributed by atoms with Gasteiger partial charge in [-0.05, 0) is 25.5 Å². The highest BCUT2D eigenvalue weighted by Gasteiger charge is 2.27. The smallest absolute Gasteiger partial charge is 0.257 e. The van der Waals surface area contributed by atoms with Gasteiger partial charge in [-0.3, -0.25) is 9.78 Å². The molecule has 1 aliphatic heterocycles. The van der Waals surface area contributed by atoms with Crippen molar-refractivity contribution in [3.8, 4) is 0 Å². The topological polar surface area (TPSA) is 68.2 Å². The third kappa shape index (κ3) is 3.12. The predicted molar refractivity (Wildman–Crippen MR) is 80.3 cm³/mol. The van der Waals surface area contributed by atoms with Gasteiger partial charge in [0.1, 0.15) is 11.9 Å². The van der Waals surface area contributed by atoms with E-state index in [9.17, 15) is 4.79 Å². The lowest BCUT2D eigenvalue weighted by molar-refractivity contribution is -0.0247. The van der Waals surface area contributed by atoms with Crippen LogP contribution in [0.2, 0.25) is 0 Å². The number of hydrogen-bond acceptors (Lipinski definition) is 5. The minimum absolute atomic E-state index is 0.0691. The molecule has 2 aromatic rings. The fourth-order valence-electron chi connectivity index (χ4n) is 2.37. The average molecular weight is 298 g/mol. The Balaban J connectivity index is 1.73. The van der Waals surface area contributed by atoms with E-state index in [0.29, 0.717) is 31.1 Å². The van der Waals surface area contributed by atoms with Gasteiger partial charge >= 0.3 is 0 Å². The standard InChI is InChI=1S/C16H18N4O2/c1-11-3-4-14(19-7-11)15-10-20(5-6-22-15)16(21)13-8-17-12(2)18-9-13/h3-4,7-9,15H,5-6,10H2,1-2H3/t15-/m0/s1. The molecule has 1 saturated heterocycles. The Morgan fingerprint density at radius 1 is 1.18 bits per heavy atom. The number of amides is 1. The van der Waals surface area contributed by atoms with Gasteiger partial charge in [-0.2, -0.15) is 0 Å². The summed E-state index contributed by atoms with van der Waals surface area (Å²) in [4.78, 5) is 26.8. The molecule has 1 fully saturated rings. The minimum Gasteiger partial charge on any atom is -0.368 e. The maximum absolute atomic E-state index is 12.5. The number of morpholine rings is 1. The van der Waals surface area contributed by atoms with Crippen LogP contribution >= 0.6 is 0 Å². The summed E-state index contributed by atoms with van der Waals surface area (Å²) in [5.74, 6) is 0.584. The first-order chi connectivity index (χ1) is 10.6. The van der Waals surface area contributed by atoms with Crippen molar-refractivity contribution in [2.45, 2.75) is 20.0 Å². The van der Waals surface area contributed by atoms with Crippen molar-refractivity contribution in [3.05, 3.63) is 53.4 Å². The Kier molecular flexibility index (Phi) is 4.11. The number of rotatable bonds is 2. The van der Waals surface area contributed by atoms with Crippen molar-refractivity contribution in [1.82, 2.24) is 19.9 Å². The van der Waals surface area contributed by atoms with Gasteiger partial charge in [0.2, 0.25) is 0 Å². The normalized spacial score (nSPS) is 18.3. The van der Waals surface area contributed by atoms with Crippen LogP contribution in [0.3, 0.4) is 0 Å². The molecule has 114 valence electrons. The largest absolute Gasteiger partial charge is 0.368 e. The van der Waals surface area contributed by atoms with E-state index in [2.05, 4.69) is 15.0 Å². The fraction of sp³-hybridized carbons (Fsp3) is 0.375. The molecule has 0 saturated carbocycles. The van der Waals surface area contributed by atoms with Gasteiger partial charge in [0.25, 0.3) is 5.91 Å². The zero-order chi connectivity index (χ0) is 15.5. The molecule has 6 heteroatoms. The molecule has 1 aliphatic rings. The zero-order valence-corrected chi connectivity index (χ0v) is 12.7. The minimum atomic E-state index is -0.190. The Hall–Kier alpha value is -2.34. The third-order valence-corrected chi connectivity index (χ3v) is 3.65. The van der Waals surface area contributed by atoms with Crippen LogP contribution in [0.5, 0.6) is 0 Å². The highest BCUT2D eigenvalue weighted by Crippen LogP contribution is 2.21. The molecule has 0 aromatic carbocycles. The van der Waals surface area contributed by atoms with Crippen LogP contribution < -0.4 is 0 Å². The van der Waals surface area contributed by atoms with E-state index in [1.165, 1.54) is 0 Å². The fourth-order valence-corrected chi connectivity index (χ4v) is 2.37. The van der Waals surface area contributed by atoms with Crippen LogP contribution in [0.25, 0.3) is 0 Å². The van der Waals surface area contributed by atoms with Crippen molar-refractivity contribution >= 4 is 5.91 Å². The molecule has 0 spiro atoms. The summed E-state index contributed by atoms with van der Waals surface area (Å²) in [6, 6.07) is 3.95. The highest BCUT2D eigenvalue weighted by molar-refractivity contribution is 5.93. The second-order valence-corrected chi connectivity index (χ2v) is 5.39. The molecule has 0 aliphatic carbocycles. The van der Waals surface area contributed by atoms with Gasteiger partial charge in [0, 0.05) is 25.1 Å². The Morgan fingerprint density at radius 3 is 2.64 bits per heavy atom. The SMILES string of the molecule is Cc1ccc([C@@H]2CN(C(=O)c3cnc(C)nc3)CCO2)nc1. The molecular weight excluding hydrogens is 280 g/mol. The van der Waals surface area contributed by atoms with Gasteiger partial charge in [-0.15, -0.1) is 0 Å². The first-order valence-electron chi connectivity index (χ1n) is 7.25. The number of aromatic nitrogens is 3. The zero-order valence-electron chi connectivity index (χ0n) is 12.7. The molecule has 3 heterocycles. The number of pyridine rings is 1. The van der Waals surface area contributed by atoms with Crippen LogP contribution in [-0.4, -0.2) is 45.5 Å². The molecule has 0 unspecified atom stereocenters. The van der Waals surface area contributed by atoms with E-state index >= 15 is 0 Å². The summed E-state index contributed by atoms with van der Waals surface area (Å²) in [5, 5.41) is 0. The van der Waals surface area contributed by atoms with Gasteiger partial charge in [0.05, 0.1) is 24.4 Å². The van der Waals surface area contributed by atoms with E-state index in [1.54, 1.807) is 24.2 Å². The summed E-state index contributed by atoms with van der Waals surface area (Å²) in [6.45, 7) is 5.34. The Labute approximate surface area is 129 Å². The van der Waals surface area contributed by atoms with Crippen molar-refractivity contribution in [2.24, 2.45) is 0 Å². The van der Waals surface area contributed by atoms with Crippen LogP contribution in [0.1, 0.15) is 33.5 Å². The average Bonchev–Trinajstić information content (AvgIpc) is 2.56. The third-order valence-electron chi connectivity index (χ3n) is 3.65. The molecular formula is C16H18N4O2. The van der Waals surface area contributed by atoms with Crippen LogP contribution in [-0.2, 0) is 4.74 Å².